The van der Waals surface area contributed by atoms with Crippen molar-refractivity contribution in [3.8, 4) is 0 Å². The zero-order valence-electron chi connectivity index (χ0n) is 8.71. The van der Waals surface area contributed by atoms with Crippen molar-refractivity contribution < 1.29 is 14.4 Å². The van der Waals surface area contributed by atoms with Crippen LogP contribution in [0.4, 0.5) is 0 Å². The van der Waals surface area contributed by atoms with Crippen LogP contribution in [0.3, 0.4) is 0 Å². The van der Waals surface area contributed by atoms with Crippen LogP contribution < -0.4 is 0 Å². The molecule has 0 unspecified atom stereocenters. The second kappa shape index (κ2) is 7.18. The SMILES string of the molecule is CCC(=O)C=CCCC(=O)C(=O)CC. The van der Waals surface area contributed by atoms with Gasteiger partial charge in [-0.25, -0.2) is 0 Å². The Morgan fingerprint density at radius 3 is 2.14 bits per heavy atom. The molecule has 0 bridgehead atoms. The van der Waals surface area contributed by atoms with Crippen molar-refractivity contribution >= 4 is 17.3 Å². The molecule has 0 aliphatic carbocycles. The molecule has 3 heteroatoms. The Hall–Kier alpha value is -1.25. The number of carbonyl (C=O) groups is 3. The number of carbonyl (C=O) groups excluding carboxylic acids is 3. The summed E-state index contributed by atoms with van der Waals surface area (Å²) in [6, 6.07) is 0. The van der Waals surface area contributed by atoms with E-state index in [2.05, 4.69) is 0 Å². The zero-order valence-corrected chi connectivity index (χ0v) is 8.71. The van der Waals surface area contributed by atoms with Crippen molar-refractivity contribution in [1.29, 1.82) is 0 Å². The topological polar surface area (TPSA) is 51.2 Å². The van der Waals surface area contributed by atoms with E-state index in [1.807, 2.05) is 0 Å². The summed E-state index contributed by atoms with van der Waals surface area (Å²) in [5, 5.41) is 0. The van der Waals surface area contributed by atoms with Gasteiger partial charge in [-0.3, -0.25) is 14.4 Å². The molecule has 0 fully saturated rings. The third-order valence-corrected chi connectivity index (χ3v) is 1.82. The highest BCUT2D eigenvalue weighted by Crippen LogP contribution is 1.97. The molecule has 0 aromatic heterocycles. The Kier molecular flexibility index (Phi) is 6.54. The number of hydrogen-bond donors (Lipinski definition) is 0. The molecule has 0 spiro atoms. The molecule has 0 aromatic rings. The van der Waals surface area contributed by atoms with Crippen LogP contribution in [0.5, 0.6) is 0 Å². The van der Waals surface area contributed by atoms with Crippen LogP contribution in [0.15, 0.2) is 12.2 Å². The van der Waals surface area contributed by atoms with Gasteiger partial charge in [0.2, 0.25) is 0 Å². The molecule has 0 aliphatic heterocycles. The molecule has 0 N–H and O–H groups in total. The molecular weight excluding hydrogens is 180 g/mol. The van der Waals surface area contributed by atoms with E-state index in [0.717, 1.165) is 0 Å². The van der Waals surface area contributed by atoms with Crippen LogP contribution in [0.25, 0.3) is 0 Å². The number of rotatable bonds is 7. The van der Waals surface area contributed by atoms with Gasteiger partial charge in [-0.1, -0.05) is 19.9 Å². The first-order chi connectivity index (χ1) is 6.61. The van der Waals surface area contributed by atoms with Crippen LogP contribution >= 0.6 is 0 Å². The Morgan fingerprint density at radius 1 is 1.00 bits per heavy atom. The summed E-state index contributed by atoms with van der Waals surface area (Å²) in [5.41, 5.74) is 0. The van der Waals surface area contributed by atoms with Gasteiger partial charge in [-0.15, -0.1) is 0 Å². The molecule has 78 valence electrons. The third kappa shape index (κ3) is 5.41. The zero-order chi connectivity index (χ0) is 11.0. The van der Waals surface area contributed by atoms with Crippen molar-refractivity contribution in [2.45, 2.75) is 39.5 Å². The number of ketones is 3. The van der Waals surface area contributed by atoms with Crippen molar-refractivity contribution in [3.05, 3.63) is 12.2 Å². The minimum Gasteiger partial charge on any atom is -0.295 e. The lowest BCUT2D eigenvalue weighted by molar-refractivity contribution is -0.136. The van der Waals surface area contributed by atoms with Gasteiger partial charge < -0.3 is 0 Å². The maximum Gasteiger partial charge on any atom is 0.198 e. The molecule has 0 heterocycles. The van der Waals surface area contributed by atoms with Gasteiger partial charge in [0, 0.05) is 19.3 Å². The maximum atomic E-state index is 11.0. The smallest absolute Gasteiger partial charge is 0.198 e. The van der Waals surface area contributed by atoms with E-state index in [0.29, 0.717) is 12.8 Å². The third-order valence-electron chi connectivity index (χ3n) is 1.82. The number of allylic oxidation sites excluding steroid dienone is 2. The van der Waals surface area contributed by atoms with E-state index in [-0.39, 0.29) is 30.2 Å². The van der Waals surface area contributed by atoms with Gasteiger partial charge in [-0.2, -0.15) is 0 Å². The first kappa shape index (κ1) is 12.8. The van der Waals surface area contributed by atoms with Gasteiger partial charge in [0.25, 0.3) is 0 Å². The average Bonchev–Trinajstić information content (AvgIpc) is 2.22. The minimum absolute atomic E-state index is 0.0410. The van der Waals surface area contributed by atoms with Crippen LogP contribution in [0.1, 0.15) is 39.5 Å². The lowest BCUT2D eigenvalue weighted by Gasteiger charge is -1.93. The summed E-state index contributed by atoms with van der Waals surface area (Å²) in [5.74, 6) is -0.638. The fraction of sp³-hybridized carbons (Fsp3) is 0.545. The molecule has 3 nitrogen and oxygen atoms in total. The summed E-state index contributed by atoms with van der Waals surface area (Å²) >= 11 is 0. The summed E-state index contributed by atoms with van der Waals surface area (Å²) in [7, 11) is 0. The van der Waals surface area contributed by atoms with Crippen molar-refractivity contribution in [2.24, 2.45) is 0 Å². The molecule has 0 aromatic carbocycles. The van der Waals surface area contributed by atoms with Crippen LogP contribution in [-0.2, 0) is 14.4 Å². The highest BCUT2D eigenvalue weighted by atomic mass is 16.2. The molecule has 0 amide bonds. The highest BCUT2D eigenvalue weighted by Gasteiger charge is 2.08. The second-order valence-corrected chi connectivity index (χ2v) is 2.96. The summed E-state index contributed by atoms with van der Waals surface area (Å²) in [6.45, 7) is 3.44. The second-order valence-electron chi connectivity index (χ2n) is 2.96. The van der Waals surface area contributed by atoms with Crippen molar-refractivity contribution in [2.75, 3.05) is 0 Å². The first-order valence-electron chi connectivity index (χ1n) is 4.87. The van der Waals surface area contributed by atoms with E-state index in [1.54, 1.807) is 19.9 Å². The van der Waals surface area contributed by atoms with E-state index in [1.165, 1.54) is 6.08 Å². The van der Waals surface area contributed by atoms with E-state index >= 15 is 0 Å². The van der Waals surface area contributed by atoms with Gasteiger partial charge in [0.05, 0.1) is 0 Å². The maximum absolute atomic E-state index is 11.0. The molecule has 14 heavy (non-hydrogen) atoms. The predicted molar refractivity (Wildman–Crippen MR) is 54.0 cm³/mol. The van der Waals surface area contributed by atoms with Crippen molar-refractivity contribution in [3.63, 3.8) is 0 Å². The molecule has 0 saturated heterocycles. The van der Waals surface area contributed by atoms with Gasteiger partial charge in [-0.05, 0) is 12.5 Å². The van der Waals surface area contributed by atoms with Gasteiger partial charge >= 0.3 is 0 Å². The molecular formula is C11H16O3. The Morgan fingerprint density at radius 2 is 1.64 bits per heavy atom. The fourth-order valence-corrected chi connectivity index (χ4v) is 0.884. The standard InChI is InChI=1S/C11H16O3/c1-3-9(12)7-5-6-8-11(14)10(13)4-2/h5,7H,3-4,6,8H2,1-2H3. The quantitative estimate of drug-likeness (QED) is 0.461. The Balaban J connectivity index is 3.74. The van der Waals surface area contributed by atoms with Crippen LogP contribution in [0, 0.1) is 0 Å². The highest BCUT2D eigenvalue weighted by molar-refractivity contribution is 6.37. The summed E-state index contributed by atoms with van der Waals surface area (Å²) < 4.78 is 0. The summed E-state index contributed by atoms with van der Waals surface area (Å²) in [6.07, 6.45) is 4.52. The molecule has 0 saturated carbocycles. The lowest BCUT2D eigenvalue weighted by Crippen LogP contribution is -2.11. The van der Waals surface area contributed by atoms with E-state index < -0.39 is 0 Å². The number of Topliss-reactive ketones (excluding diaryl/α,β-unsaturated/α-hetero) is 2. The molecule has 0 atom stereocenters. The van der Waals surface area contributed by atoms with Crippen LogP contribution in [-0.4, -0.2) is 17.3 Å². The van der Waals surface area contributed by atoms with Crippen molar-refractivity contribution in [1.82, 2.24) is 0 Å². The van der Waals surface area contributed by atoms with Crippen LogP contribution in [0.2, 0.25) is 0 Å². The van der Waals surface area contributed by atoms with Gasteiger partial charge in [0.15, 0.2) is 17.3 Å². The minimum atomic E-state index is -0.346. The molecule has 0 rings (SSSR count). The Bertz CT molecular complexity index is 251. The predicted octanol–water partition coefficient (Wildman–Crippen LogP) is 1.85. The molecule has 0 radical (unpaired) electrons. The lowest BCUT2D eigenvalue weighted by atomic mass is 10.1. The van der Waals surface area contributed by atoms with E-state index in [9.17, 15) is 14.4 Å². The Labute approximate surface area is 84.2 Å². The van der Waals surface area contributed by atoms with Gasteiger partial charge in [0.1, 0.15) is 0 Å². The first-order valence-corrected chi connectivity index (χ1v) is 4.87. The monoisotopic (exact) mass is 196 g/mol. The number of hydrogen-bond acceptors (Lipinski definition) is 3. The van der Waals surface area contributed by atoms with E-state index in [4.69, 9.17) is 0 Å². The average molecular weight is 196 g/mol. The molecule has 0 aliphatic rings. The largest absolute Gasteiger partial charge is 0.295 e. The fourth-order valence-electron chi connectivity index (χ4n) is 0.884. The normalized spacial score (nSPS) is 10.4. The summed E-state index contributed by atoms with van der Waals surface area (Å²) in [4.78, 5) is 32.7.